The molecule has 0 aromatic carbocycles. The van der Waals surface area contributed by atoms with Crippen LogP contribution >= 0.6 is 23.2 Å². The highest BCUT2D eigenvalue weighted by Crippen LogP contribution is 2.13. The van der Waals surface area contributed by atoms with Gasteiger partial charge >= 0.3 is 0 Å². The number of hydrogen-bond acceptors (Lipinski definition) is 0. The molecule has 0 unspecified atom stereocenters. The van der Waals surface area contributed by atoms with E-state index in [2.05, 4.69) is 0 Å². The fourth-order valence-electron chi connectivity index (χ4n) is 0.261. The summed E-state index contributed by atoms with van der Waals surface area (Å²) in [6.07, 6.45) is 3.60. The second-order valence-electron chi connectivity index (χ2n) is 1.38. The highest BCUT2D eigenvalue weighted by Gasteiger charge is 1.86. The van der Waals surface area contributed by atoms with Crippen LogP contribution in [0.1, 0.15) is 27.7 Å². The molecular weight excluding hydrogens is 167 g/mol. The lowest BCUT2D eigenvalue weighted by atomic mass is 10.4. The van der Waals surface area contributed by atoms with Crippen LogP contribution in [-0.4, -0.2) is 0 Å². The Morgan fingerprint density at radius 2 is 1.60 bits per heavy atom. The van der Waals surface area contributed by atoms with Crippen LogP contribution in [-0.2, 0) is 0 Å². The molecule has 0 bridgehead atoms. The van der Waals surface area contributed by atoms with Crippen LogP contribution in [0.5, 0.6) is 0 Å². The van der Waals surface area contributed by atoms with Gasteiger partial charge in [0.05, 0.1) is 5.03 Å². The molecule has 0 aliphatic rings. The Balaban J connectivity index is 0. The average molecular weight is 181 g/mol. The number of hydrogen-bond donors (Lipinski definition) is 0. The van der Waals surface area contributed by atoms with Crippen molar-refractivity contribution in [3.8, 4) is 0 Å². The van der Waals surface area contributed by atoms with Gasteiger partial charge in [0.25, 0.3) is 0 Å². The van der Waals surface area contributed by atoms with Crippen molar-refractivity contribution in [3.05, 3.63) is 22.2 Å². The fraction of sp³-hybridized carbons (Fsp3) is 0.500. The van der Waals surface area contributed by atoms with E-state index in [1.54, 1.807) is 13.0 Å². The molecule has 0 aromatic heterocycles. The molecule has 0 radical (unpaired) electrons. The van der Waals surface area contributed by atoms with Gasteiger partial charge in [-0.25, -0.2) is 0 Å². The van der Waals surface area contributed by atoms with Gasteiger partial charge < -0.3 is 0 Å². The van der Waals surface area contributed by atoms with Crippen LogP contribution in [0.2, 0.25) is 0 Å². The predicted molar refractivity (Wildman–Crippen MR) is 50.6 cm³/mol. The third-order valence-electron chi connectivity index (χ3n) is 0.642. The normalized spacial score (nSPS) is 12.2. The van der Waals surface area contributed by atoms with Crippen molar-refractivity contribution >= 4 is 23.2 Å². The molecule has 0 aliphatic carbocycles. The van der Waals surface area contributed by atoms with Gasteiger partial charge in [0, 0.05) is 5.03 Å². The van der Waals surface area contributed by atoms with Gasteiger partial charge in [-0.3, -0.25) is 0 Å². The van der Waals surface area contributed by atoms with E-state index < -0.39 is 0 Å². The zero-order valence-corrected chi connectivity index (χ0v) is 8.42. The molecule has 0 saturated heterocycles. The second kappa shape index (κ2) is 9.06. The minimum atomic E-state index is 0.606. The van der Waals surface area contributed by atoms with Gasteiger partial charge in [0.2, 0.25) is 0 Å². The van der Waals surface area contributed by atoms with E-state index in [1.807, 2.05) is 26.8 Å². The summed E-state index contributed by atoms with van der Waals surface area (Å²) >= 11 is 11.1. The minimum Gasteiger partial charge on any atom is -0.0878 e. The molecule has 2 heteroatoms. The topological polar surface area (TPSA) is 0 Å². The second-order valence-corrected chi connectivity index (χ2v) is 2.36. The highest BCUT2D eigenvalue weighted by atomic mass is 35.5. The molecule has 0 fully saturated rings. The third kappa shape index (κ3) is 8.06. The van der Waals surface area contributed by atoms with Crippen LogP contribution < -0.4 is 0 Å². The molecule has 0 spiro atoms. The quantitative estimate of drug-likeness (QED) is 0.529. The standard InChI is InChI=1S/C6H8Cl2.C2H6/c1-3-4-6(8)5(2)7;1-2/h3-4H,1-2H3;1-2H3/b4-3-,6-5-;. The van der Waals surface area contributed by atoms with E-state index in [4.69, 9.17) is 23.2 Å². The van der Waals surface area contributed by atoms with Gasteiger partial charge in [-0.1, -0.05) is 43.1 Å². The zero-order valence-electron chi connectivity index (χ0n) is 6.91. The monoisotopic (exact) mass is 180 g/mol. The maximum atomic E-state index is 5.58. The molecule has 0 aliphatic heterocycles. The fourth-order valence-corrected chi connectivity index (χ4v) is 0.450. The van der Waals surface area contributed by atoms with E-state index in [0.29, 0.717) is 10.1 Å². The Labute approximate surface area is 73.5 Å². The number of allylic oxidation sites excluding steroid dienone is 4. The van der Waals surface area contributed by atoms with E-state index in [1.165, 1.54) is 0 Å². The molecule has 0 atom stereocenters. The van der Waals surface area contributed by atoms with Crippen LogP contribution in [0, 0.1) is 0 Å². The Hall–Kier alpha value is 0.0600. The predicted octanol–water partition coefficient (Wildman–Crippen LogP) is 4.30. The van der Waals surface area contributed by atoms with Crippen molar-refractivity contribution in [2.75, 3.05) is 0 Å². The highest BCUT2D eigenvalue weighted by molar-refractivity contribution is 6.39. The first kappa shape index (κ1) is 12.7. The average Bonchev–Trinajstić information content (AvgIpc) is 1.93. The van der Waals surface area contributed by atoms with Crippen molar-refractivity contribution in [1.82, 2.24) is 0 Å². The summed E-state index contributed by atoms with van der Waals surface area (Å²) in [5.74, 6) is 0. The SMILES string of the molecule is C/C=C\C(Cl)=C(/C)Cl.CC. The van der Waals surface area contributed by atoms with Crippen molar-refractivity contribution in [2.24, 2.45) is 0 Å². The summed E-state index contributed by atoms with van der Waals surface area (Å²) in [6.45, 7) is 7.64. The lowest BCUT2D eigenvalue weighted by Crippen LogP contribution is -1.63. The van der Waals surface area contributed by atoms with E-state index in [9.17, 15) is 0 Å². The largest absolute Gasteiger partial charge is 0.0878 e. The molecular formula is C8H14Cl2. The van der Waals surface area contributed by atoms with Gasteiger partial charge in [-0.2, -0.15) is 0 Å². The van der Waals surface area contributed by atoms with Gasteiger partial charge in [-0.15, -0.1) is 0 Å². The van der Waals surface area contributed by atoms with Crippen LogP contribution in [0.3, 0.4) is 0 Å². The summed E-state index contributed by atoms with van der Waals surface area (Å²) in [5, 5.41) is 1.24. The maximum absolute atomic E-state index is 5.58. The number of halogens is 2. The maximum Gasteiger partial charge on any atom is 0.0544 e. The van der Waals surface area contributed by atoms with Gasteiger partial charge in [-0.05, 0) is 19.9 Å². The summed E-state index contributed by atoms with van der Waals surface area (Å²) in [7, 11) is 0. The van der Waals surface area contributed by atoms with Crippen molar-refractivity contribution in [1.29, 1.82) is 0 Å². The Bertz CT molecular complexity index is 119. The molecule has 10 heavy (non-hydrogen) atoms. The lowest BCUT2D eigenvalue weighted by Gasteiger charge is -1.86. The zero-order chi connectivity index (χ0) is 8.57. The van der Waals surface area contributed by atoms with Crippen molar-refractivity contribution in [3.63, 3.8) is 0 Å². The molecule has 0 amide bonds. The first-order valence-corrected chi connectivity index (χ1v) is 4.08. The van der Waals surface area contributed by atoms with Gasteiger partial charge in [0.1, 0.15) is 0 Å². The van der Waals surface area contributed by atoms with Gasteiger partial charge in [0.15, 0.2) is 0 Å². The van der Waals surface area contributed by atoms with Crippen molar-refractivity contribution < 1.29 is 0 Å². The summed E-state index contributed by atoms with van der Waals surface area (Å²) in [6, 6.07) is 0. The molecule has 0 nitrogen and oxygen atoms in total. The Morgan fingerprint density at radius 3 is 1.70 bits per heavy atom. The smallest absolute Gasteiger partial charge is 0.0544 e. The Morgan fingerprint density at radius 1 is 1.20 bits per heavy atom. The van der Waals surface area contributed by atoms with Crippen LogP contribution in [0.25, 0.3) is 0 Å². The molecule has 0 N–H and O–H groups in total. The minimum absolute atomic E-state index is 0.606. The van der Waals surface area contributed by atoms with E-state index in [0.717, 1.165) is 0 Å². The molecule has 0 saturated carbocycles. The summed E-state index contributed by atoms with van der Waals surface area (Å²) in [5.41, 5.74) is 0. The summed E-state index contributed by atoms with van der Waals surface area (Å²) in [4.78, 5) is 0. The molecule has 0 aromatic rings. The van der Waals surface area contributed by atoms with Crippen molar-refractivity contribution in [2.45, 2.75) is 27.7 Å². The summed E-state index contributed by atoms with van der Waals surface area (Å²) < 4.78 is 0. The first-order valence-electron chi connectivity index (χ1n) is 3.33. The van der Waals surface area contributed by atoms with Crippen LogP contribution in [0.15, 0.2) is 22.2 Å². The third-order valence-corrected chi connectivity index (χ3v) is 1.35. The molecule has 0 rings (SSSR count). The molecule has 0 heterocycles. The van der Waals surface area contributed by atoms with Crippen LogP contribution in [0.4, 0.5) is 0 Å². The van der Waals surface area contributed by atoms with E-state index in [-0.39, 0.29) is 0 Å². The first-order chi connectivity index (χ1) is 4.68. The Kier molecular flexibility index (Phi) is 11.5. The van der Waals surface area contributed by atoms with E-state index >= 15 is 0 Å². The number of rotatable bonds is 1. The lowest BCUT2D eigenvalue weighted by molar-refractivity contribution is 1.50. The molecule has 60 valence electrons.